The van der Waals surface area contributed by atoms with Gasteiger partial charge in [-0.25, -0.2) is 4.39 Å². The van der Waals surface area contributed by atoms with Gasteiger partial charge in [-0.2, -0.15) is 0 Å². The summed E-state index contributed by atoms with van der Waals surface area (Å²) in [6.45, 7) is 1.54. The zero-order valence-electron chi connectivity index (χ0n) is 7.76. The van der Waals surface area contributed by atoms with Crippen LogP contribution < -0.4 is 0 Å². The standard InChI is InChI=1S/C11H10ClFO/c1-6(14)7-5-8(7)11-9(12)3-2-4-10(11)13/h2-4,7-8H,5H2,1H3/t7-,8+/m0/s1. The normalized spacial score (nSPS) is 24.8. The highest BCUT2D eigenvalue weighted by molar-refractivity contribution is 6.31. The molecular formula is C11H10ClFO. The first-order chi connectivity index (χ1) is 6.61. The molecule has 2 rings (SSSR count). The van der Waals surface area contributed by atoms with Gasteiger partial charge in [0.2, 0.25) is 0 Å². The fraction of sp³-hybridized carbons (Fsp3) is 0.364. The number of benzene rings is 1. The van der Waals surface area contributed by atoms with Gasteiger partial charge in [-0.3, -0.25) is 4.79 Å². The number of hydrogen-bond donors (Lipinski definition) is 0. The number of halogens is 2. The third-order valence-electron chi connectivity index (χ3n) is 2.68. The third kappa shape index (κ3) is 1.55. The monoisotopic (exact) mass is 212 g/mol. The van der Waals surface area contributed by atoms with Crippen molar-refractivity contribution in [2.45, 2.75) is 19.3 Å². The number of hydrogen-bond acceptors (Lipinski definition) is 1. The summed E-state index contributed by atoms with van der Waals surface area (Å²) in [5, 5.41) is 0.429. The quantitative estimate of drug-likeness (QED) is 0.736. The molecule has 1 aromatic rings. The van der Waals surface area contributed by atoms with Crippen molar-refractivity contribution in [3.8, 4) is 0 Å². The van der Waals surface area contributed by atoms with Crippen molar-refractivity contribution in [3.05, 3.63) is 34.6 Å². The minimum atomic E-state index is -0.300. The molecule has 0 N–H and O–H groups in total. The van der Waals surface area contributed by atoms with E-state index in [0.29, 0.717) is 10.6 Å². The fourth-order valence-electron chi connectivity index (χ4n) is 1.83. The number of carbonyl (C=O) groups excluding carboxylic acids is 1. The molecule has 2 atom stereocenters. The summed E-state index contributed by atoms with van der Waals surface area (Å²) < 4.78 is 13.4. The van der Waals surface area contributed by atoms with Gasteiger partial charge >= 0.3 is 0 Å². The van der Waals surface area contributed by atoms with Gasteiger partial charge < -0.3 is 0 Å². The van der Waals surface area contributed by atoms with E-state index in [9.17, 15) is 9.18 Å². The van der Waals surface area contributed by atoms with E-state index in [-0.39, 0.29) is 23.4 Å². The topological polar surface area (TPSA) is 17.1 Å². The predicted octanol–water partition coefficient (Wildman–Crippen LogP) is 3.17. The summed E-state index contributed by atoms with van der Waals surface area (Å²) in [5.41, 5.74) is 0.509. The maximum Gasteiger partial charge on any atom is 0.133 e. The van der Waals surface area contributed by atoms with E-state index in [1.165, 1.54) is 6.07 Å². The lowest BCUT2D eigenvalue weighted by molar-refractivity contribution is -0.118. The van der Waals surface area contributed by atoms with Crippen LogP contribution >= 0.6 is 11.6 Å². The molecule has 0 spiro atoms. The molecule has 0 aromatic heterocycles. The van der Waals surface area contributed by atoms with Crippen LogP contribution in [0.4, 0.5) is 4.39 Å². The molecule has 1 aliphatic rings. The van der Waals surface area contributed by atoms with Crippen molar-refractivity contribution in [2.24, 2.45) is 5.92 Å². The Morgan fingerprint density at radius 2 is 2.29 bits per heavy atom. The third-order valence-corrected chi connectivity index (χ3v) is 3.01. The molecule has 0 saturated heterocycles. The highest BCUT2D eigenvalue weighted by Crippen LogP contribution is 2.50. The summed E-state index contributed by atoms with van der Waals surface area (Å²) in [5.74, 6) is -0.203. The van der Waals surface area contributed by atoms with E-state index in [1.807, 2.05) is 0 Å². The van der Waals surface area contributed by atoms with Crippen molar-refractivity contribution in [3.63, 3.8) is 0 Å². The van der Waals surface area contributed by atoms with Crippen molar-refractivity contribution in [1.82, 2.24) is 0 Å². The van der Waals surface area contributed by atoms with Crippen LogP contribution in [0.1, 0.15) is 24.8 Å². The van der Waals surface area contributed by atoms with E-state index >= 15 is 0 Å². The first kappa shape index (κ1) is 9.66. The number of rotatable bonds is 2. The van der Waals surface area contributed by atoms with Crippen LogP contribution in [-0.4, -0.2) is 5.78 Å². The second kappa shape index (κ2) is 3.35. The molecule has 1 aromatic carbocycles. The predicted molar refractivity (Wildman–Crippen MR) is 52.9 cm³/mol. The smallest absolute Gasteiger partial charge is 0.133 e. The van der Waals surface area contributed by atoms with Gasteiger partial charge in [-0.05, 0) is 31.4 Å². The van der Waals surface area contributed by atoms with Crippen molar-refractivity contribution in [1.29, 1.82) is 0 Å². The Kier molecular flexibility index (Phi) is 2.31. The average Bonchev–Trinajstić information content (AvgIpc) is 2.83. The highest BCUT2D eigenvalue weighted by atomic mass is 35.5. The molecule has 1 saturated carbocycles. The van der Waals surface area contributed by atoms with E-state index in [0.717, 1.165) is 6.42 Å². The summed E-state index contributed by atoms with van der Waals surface area (Å²) >= 11 is 5.88. The molecule has 74 valence electrons. The molecule has 0 aliphatic heterocycles. The van der Waals surface area contributed by atoms with Gasteiger partial charge in [0.15, 0.2) is 0 Å². The maximum absolute atomic E-state index is 13.4. The van der Waals surface area contributed by atoms with Crippen LogP contribution in [0, 0.1) is 11.7 Å². The highest BCUT2D eigenvalue weighted by Gasteiger charge is 2.44. The molecular weight excluding hydrogens is 203 g/mol. The lowest BCUT2D eigenvalue weighted by Gasteiger charge is -2.03. The van der Waals surface area contributed by atoms with Gasteiger partial charge in [0.1, 0.15) is 11.6 Å². The van der Waals surface area contributed by atoms with Gasteiger partial charge in [0.05, 0.1) is 0 Å². The minimum absolute atomic E-state index is 0.00111. The number of Topliss-reactive ketones (excluding diaryl/α,β-unsaturated/α-hetero) is 1. The summed E-state index contributed by atoms with van der Waals surface area (Å²) in [4.78, 5) is 11.0. The molecule has 0 bridgehead atoms. The molecule has 3 heteroatoms. The Morgan fingerprint density at radius 1 is 1.57 bits per heavy atom. The van der Waals surface area contributed by atoms with E-state index in [2.05, 4.69) is 0 Å². The van der Waals surface area contributed by atoms with Crippen LogP contribution in [-0.2, 0) is 4.79 Å². The zero-order valence-corrected chi connectivity index (χ0v) is 8.51. The second-order valence-electron chi connectivity index (χ2n) is 3.69. The van der Waals surface area contributed by atoms with E-state index in [4.69, 9.17) is 11.6 Å². The Morgan fingerprint density at radius 3 is 2.79 bits per heavy atom. The fourth-order valence-corrected chi connectivity index (χ4v) is 2.13. The lowest BCUT2D eigenvalue weighted by atomic mass is 10.1. The van der Waals surface area contributed by atoms with Crippen LogP contribution in [0.2, 0.25) is 5.02 Å². The van der Waals surface area contributed by atoms with Crippen LogP contribution in [0.15, 0.2) is 18.2 Å². The Hall–Kier alpha value is -0.890. The Balaban J connectivity index is 2.31. The second-order valence-corrected chi connectivity index (χ2v) is 4.10. The Bertz CT molecular complexity index is 369. The largest absolute Gasteiger partial charge is 0.300 e. The van der Waals surface area contributed by atoms with E-state index < -0.39 is 0 Å². The summed E-state index contributed by atoms with van der Waals surface area (Å²) in [6, 6.07) is 4.62. The number of carbonyl (C=O) groups is 1. The van der Waals surface area contributed by atoms with Crippen LogP contribution in [0.5, 0.6) is 0 Å². The molecule has 14 heavy (non-hydrogen) atoms. The maximum atomic E-state index is 13.4. The molecule has 0 amide bonds. The minimum Gasteiger partial charge on any atom is -0.300 e. The summed E-state index contributed by atoms with van der Waals surface area (Å²) in [6.07, 6.45) is 0.732. The van der Waals surface area contributed by atoms with Crippen molar-refractivity contribution >= 4 is 17.4 Å². The van der Waals surface area contributed by atoms with Gasteiger partial charge in [-0.1, -0.05) is 17.7 Å². The Labute approximate surface area is 86.9 Å². The molecule has 0 radical (unpaired) electrons. The molecule has 0 heterocycles. The first-order valence-electron chi connectivity index (χ1n) is 4.55. The SMILES string of the molecule is CC(=O)[C@@H]1C[C@H]1c1c(F)cccc1Cl. The van der Waals surface area contributed by atoms with Gasteiger partial charge in [0, 0.05) is 16.5 Å². The molecule has 1 aliphatic carbocycles. The van der Waals surface area contributed by atoms with Crippen molar-refractivity contribution in [2.75, 3.05) is 0 Å². The number of ketones is 1. The molecule has 1 nitrogen and oxygen atoms in total. The summed E-state index contributed by atoms with van der Waals surface area (Å²) in [7, 11) is 0. The van der Waals surface area contributed by atoms with Crippen LogP contribution in [0.3, 0.4) is 0 Å². The van der Waals surface area contributed by atoms with E-state index in [1.54, 1.807) is 19.1 Å². The zero-order chi connectivity index (χ0) is 10.3. The first-order valence-corrected chi connectivity index (χ1v) is 4.93. The average molecular weight is 213 g/mol. The van der Waals surface area contributed by atoms with Gasteiger partial charge in [0.25, 0.3) is 0 Å². The molecule has 0 unspecified atom stereocenters. The lowest BCUT2D eigenvalue weighted by Crippen LogP contribution is -1.97. The molecule has 1 fully saturated rings. The van der Waals surface area contributed by atoms with Crippen molar-refractivity contribution < 1.29 is 9.18 Å². The van der Waals surface area contributed by atoms with Crippen LogP contribution in [0.25, 0.3) is 0 Å². The van der Waals surface area contributed by atoms with Gasteiger partial charge in [-0.15, -0.1) is 0 Å².